The standard InChI is InChI=1S/C11H15F3N2OS/c1-10(2,3)16-5-4-7(17)8-6-15-9(18-8)11(12,13)14/h6,16H,4-5H2,1-3H3. The first kappa shape index (κ1) is 15.1. The first-order chi connectivity index (χ1) is 8.09. The highest BCUT2D eigenvalue weighted by Gasteiger charge is 2.35. The lowest BCUT2D eigenvalue weighted by atomic mass is 10.1. The fraction of sp³-hybridized carbons (Fsp3) is 0.636. The van der Waals surface area contributed by atoms with E-state index in [0.29, 0.717) is 17.9 Å². The molecular formula is C11H15F3N2OS. The zero-order valence-electron chi connectivity index (χ0n) is 10.4. The van der Waals surface area contributed by atoms with Crippen LogP contribution in [0.3, 0.4) is 0 Å². The van der Waals surface area contributed by atoms with Crippen molar-refractivity contribution < 1.29 is 18.0 Å². The Balaban J connectivity index is 2.55. The second-order valence-corrected chi connectivity index (χ2v) is 5.91. The molecule has 1 rings (SSSR count). The number of carbonyl (C=O) groups is 1. The summed E-state index contributed by atoms with van der Waals surface area (Å²) in [7, 11) is 0. The fourth-order valence-electron chi connectivity index (χ4n) is 1.21. The van der Waals surface area contributed by atoms with Gasteiger partial charge in [-0.3, -0.25) is 4.79 Å². The number of rotatable bonds is 4. The normalized spacial score (nSPS) is 12.8. The molecule has 102 valence electrons. The lowest BCUT2D eigenvalue weighted by molar-refractivity contribution is -0.137. The molecule has 0 radical (unpaired) electrons. The van der Waals surface area contributed by atoms with Crippen molar-refractivity contribution in [3.63, 3.8) is 0 Å². The Morgan fingerprint density at radius 1 is 1.39 bits per heavy atom. The van der Waals surface area contributed by atoms with Crippen LogP contribution in [0.15, 0.2) is 6.20 Å². The summed E-state index contributed by atoms with van der Waals surface area (Å²) in [5.41, 5.74) is -0.120. The van der Waals surface area contributed by atoms with Crippen LogP contribution in [0.2, 0.25) is 0 Å². The van der Waals surface area contributed by atoms with E-state index in [1.807, 2.05) is 20.8 Å². The van der Waals surface area contributed by atoms with E-state index in [2.05, 4.69) is 10.3 Å². The van der Waals surface area contributed by atoms with Crippen molar-refractivity contribution in [2.24, 2.45) is 0 Å². The van der Waals surface area contributed by atoms with E-state index in [4.69, 9.17) is 0 Å². The van der Waals surface area contributed by atoms with E-state index in [1.165, 1.54) is 0 Å². The Morgan fingerprint density at radius 2 is 2.00 bits per heavy atom. The highest BCUT2D eigenvalue weighted by Crippen LogP contribution is 2.32. The summed E-state index contributed by atoms with van der Waals surface area (Å²) >= 11 is 0.392. The summed E-state index contributed by atoms with van der Waals surface area (Å²) in [6.07, 6.45) is -3.32. The first-order valence-electron chi connectivity index (χ1n) is 5.41. The molecule has 0 aliphatic rings. The van der Waals surface area contributed by atoms with Crippen LogP contribution in [-0.2, 0) is 6.18 Å². The molecule has 0 aromatic carbocycles. The maximum Gasteiger partial charge on any atom is 0.443 e. The molecule has 0 saturated carbocycles. The molecule has 0 aliphatic heterocycles. The van der Waals surface area contributed by atoms with Gasteiger partial charge in [-0.25, -0.2) is 4.98 Å². The number of nitrogens with zero attached hydrogens (tertiary/aromatic N) is 1. The second-order valence-electron chi connectivity index (χ2n) is 4.88. The van der Waals surface area contributed by atoms with Gasteiger partial charge in [0.1, 0.15) is 0 Å². The summed E-state index contributed by atoms with van der Waals surface area (Å²) in [5, 5.41) is 2.12. The molecule has 7 heteroatoms. The first-order valence-corrected chi connectivity index (χ1v) is 6.22. The zero-order valence-corrected chi connectivity index (χ0v) is 11.2. The molecule has 0 saturated heterocycles. The maximum atomic E-state index is 12.3. The molecule has 0 spiro atoms. The van der Waals surface area contributed by atoms with Gasteiger partial charge >= 0.3 is 6.18 Å². The van der Waals surface area contributed by atoms with Crippen molar-refractivity contribution in [1.29, 1.82) is 0 Å². The molecule has 1 aromatic rings. The summed E-state index contributed by atoms with van der Waals surface area (Å²) < 4.78 is 36.9. The number of hydrogen-bond acceptors (Lipinski definition) is 4. The number of carbonyl (C=O) groups excluding carboxylic acids is 1. The van der Waals surface area contributed by atoms with Crippen LogP contribution >= 0.6 is 11.3 Å². The molecule has 1 heterocycles. The predicted molar refractivity (Wildman–Crippen MR) is 63.8 cm³/mol. The van der Waals surface area contributed by atoms with Gasteiger partial charge in [-0.2, -0.15) is 13.2 Å². The van der Waals surface area contributed by atoms with E-state index in [1.54, 1.807) is 0 Å². The van der Waals surface area contributed by atoms with Crippen molar-refractivity contribution in [2.45, 2.75) is 38.9 Å². The molecule has 0 aliphatic carbocycles. The van der Waals surface area contributed by atoms with Gasteiger partial charge in [-0.05, 0) is 20.8 Å². The monoisotopic (exact) mass is 280 g/mol. The van der Waals surface area contributed by atoms with Crippen LogP contribution < -0.4 is 5.32 Å². The number of aromatic nitrogens is 1. The summed E-state index contributed by atoms with van der Waals surface area (Å²) in [6, 6.07) is 0. The van der Waals surface area contributed by atoms with Crippen LogP contribution in [0.25, 0.3) is 0 Å². The fourth-order valence-corrected chi connectivity index (χ4v) is 1.96. The molecule has 0 atom stereocenters. The van der Waals surface area contributed by atoms with Crippen LogP contribution in [0.5, 0.6) is 0 Å². The smallest absolute Gasteiger partial charge is 0.312 e. The number of halogens is 3. The van der Waals surface area contributed by atoms with E-state index in [-0.39, 0.29) is 22.6 Å². The molecule has 18 heavy (non-hydrogen) atoms. The number of ketones is 1. The molecule has 3 nitrogen and oxygen atoms in total. The maximum absolute atomic E-state index is 12.3. The number of nitrogens with one attached hydrogen (secondary N) is 1. The SMILES string of the molecule is CC(C)(C)NCCC(=O)c1cnc(C(F)(F)F)s1. The molecule has 1 N–H and O–H groups in total. The second kappa shape index (κ2) is 5.36. The van der Waals surface area contributed by atoms with Gasteiger partial charge in [0, 0.05) is 24.7 Å². The third kappa shape index (κ3) is 4.73. The highest BCUT2D eigenvalue weighted by molar-refractivity contribution is 7.13. The molecule has 0 amide bonds. The van der Waals surface area contributed by atoms with Crippen LogP contribution in [0.4, 0.5) is 13.2 Å². The average molecular weight is 280 g/mol. The third-order valence-corrected chi connectivity index (χ3v) is 3.11. The Bertz CT molecular complexity index is 421. The molecular weight excluding hydrogens is 265 g/mol. The van der Waals surface area contributed by atoms with Crippen molar-refractivity contribution in [2.75, 3.05) is 6.54 Å². The molecule has 1 aromatic heterocycles. The largest absolute Gasteiger partial charge is 0.443 e. The third-order valence-electron chi connectivity index (χ3n) is 2.03. The Kier molecular flexibility index (Phi) is 4.50. The van der Waals surface area contributed by atoms with Gasteiger partial charge in [0.25, 0.3) is 0 Å². The van der Waals surface area contributed by atoms with Gasteiger partial charge in [-0.15, -0.1) is 11.3 Å². The highest BCUT2D eigenvalue weighted by atomic mass is 32.1. The predicted octanol–water partition coefficient (Wildman–Crippen LogP) is 3.12. The lowest BCUT2D eigenvalue weighted by Crippen LogP contribution is -2.37. The van der Waals surface area contributed by atoms with E-state index < -0.39 is 11.2 Å². The van der Waals surface area contributed by atoms with Crippen LogP contribution in [0.1, 0.15) is 41.9 Å². The number of hydrogen-bond donors (Lipinski definition) is 1. The number of alkyl halides is 3. The van der Waals surface area contributed by atoms with Gasteiger partial charge in [0.2, 0.25) is 0 Å². The van der Waals surface area contributed by atoms with Gasteiger partial charge in [-0.1, -0.05) is 0 Å². The van der Waals surface area contributed by atoms with Gasteiger partial charge in [0.15, 0.2) is 10.8 Å². The quantitative estimate of drug-likeness (QED) is 0.862. The Labute approximate surface area is 107 Å². The molecule has 0 fully saturated rings. The van der Waals surface area contributed by atoms with Crippen LogP contribution in [0, 0.1) is 0 Å². The lowest BCUT2D eigenvalue weighted by Gasteiger charge is -2.19. The summed E-state index contributed by atoms with van der Waals surface area (Å²) in [6.45, 7) is 6.28. The van der Waals surface area contributed by atoms with Crippen molar-refractivity contribution in [1.82, 2.24) is 10.3 Å². The van der Waals surface area contributed by atoms with Gasteiger partial charge < -0.3 is 5.32 Å². The van der Waals surface area contributed by atoms with E-state index in [0.717, 1.165) is 6.20 Å². The number of thiazole rings is 1. The molecule has 0 bridgehead atoms. The van der Waals surface area contributed by atoms with E-state index in [9.17, 15) is 18.0 Å². The van der Waals surface area contributed by atoms with Crippen LogP contribution in [-0.4, -0.2) is 22.9 Å². The van der Waals surface area contributed by atoms with Crippen molar-refractivity contribution in [3.05, 3.63) is 16.1 Å². The minimum atomic E-state index is -4.48. The Morgan fingerprint density at radius 3 is 2.44 bits per heavy atom. The topological polar surface area (TPSA) is 42.0 Å². The summed E-state index contributed by atoms with van der Waals surface area (Å²) in [4.78, 5) is 14.9. The minimum absolute atomic E-state index is 0.0537. The minimum Gasteiger partial charge on any atom is -0.312 e. The van der Waals surface area contributed by atoms with E-state index >= 15 is 0 Å². The Hall–Kier alpha value is -0.950. The number of Topliss-reactive ketones (excluding diaryl/α,β-unsaturated/α-hetero) is 1. The molecule has 0 unspecified atom stereocenters. The average Bonchev–Trinajstić information content (AvgIpc) is 2.62. The van der Waals surface area contributed by atoms with Crippen molar-refractivity contribution in [3.8, 4) is 0 Å². The zero-order chi connectivity index (χ0) is 14.0. The summed E-state index contributed by atoms with van der Waals surface area (Å²) in [5.74, 6) is -0.320. The van der Waals surface area contributed by atoms with Crippen molar-refractivity contribution >= 4 is 17.1 Å². The van der Waals surface area contributed by atoms with Gasteiger partial charge in [0.05, 0.1) is 4.88 Å².